The molecule has 1 unspecified atom stereocenters. The minimum Gasteiger partial charge on any atom is -0.330 e. The van der Waals surface area contributed by atoms with Gasteiger partial charge in [0.2, 0.25) is 0 Å². The van der Waals surface area contributed by atoms with Crippen LogP contribution < -0.4 is 5.73 Å². The van der Waals surface area contributed by atoms with E-state index in [-0.39, 0.29) is 0 Å². The summed E-state index contributed by atoms with van der Waals surface area (Å²) in [5.74, 6) is 0.689. The van der Waals surface area contributed by atoms with E-state index in [9.17, 15) is 0 Å². The molecule has 0 saturated heterocycles. The molecular formula is C16H26N2. The van der Waals surface area contributed by atoms with Crippen LogP contribution in [0.1, 0.15) is 36.5 Å². The number of hydrogen-bond acceptors (Lipinski definition) is 2. The van der Waals surface area contributed by atoms with Gasteiger partial charge in [-0.25, -0.2) is 0 Å². The molecule has 0 fully saturated rings. The van der Waals surface area contributed by atoms with Crippen molar-refractivity contribution in [1.29, 1.82) is 0 Å². The van der Waals surface area contributed by atoms with Crippen molar-refractivity contribution in [2.75, 3.05) is 20.1 Å². The first kappa shape index (κ1) is 13.6. The van der Waals surface area contributed by atoms with Crippen molar-refractivity contribution in [3.8, 4) is 0 Å². The van der Waals surface area contributed by atoms with Crippen molar-refractivity contribution in [2.24, 2.45) is 11.7 Å². The lowest BCUT2D eigenvalue weighted by molar-refractivity contribution is 0.273. The molecule has 0 radical (unpaired) electrons. The van der Waals surface area contributed by atoms with Gasteiger partial charge >= 0.3 is 0 Å². The summed E-state index contributed by atoms with van der Waals surface area (Å²) in [5.41, 5.74) is 10.2. The molecule has 0 saturated carbocycles. The zero-order valence-electron chi connectivity index (χ0n) is 11.8. The van der Waals surface area contributed by atoms with E-state index in [1.165, 1.54) is 24.8 Å². The third kappa shape index (κ3) is 3.56. The van der Waals surface area contributed by atoms with Crippen LogP contribution >= 0.6 is 0 Å². The van der Waals surface area contributed by atoms with E-state index in [0.717, 1.165) is 26.1 Å². The zero-order valence-corrected chi connectivity index (χ0v) is 11.8. The Kier molecular flexibility index (Phi) is 4.79. The SMILES string of the molecule is CC(CCN)CN(C)Cc1ccc2c(c1)CCC2. The van der Waals surface area contributed by atoms with Crippen molar-refractivity contribution < 1.29 is 0 Å². The molecule has 2 heteroatoms. The van der Waals surface area contributed by atoms with E-state index in [4.69, 9.17) is 5.73 Å². The van der Waals surface area contributed by atoms with E-state index in [1.54, 1.807) is 11.1 Å². The molecule has 2 rings (SSSR count). The van der Waals surface area contributed by atoms with E-state index >= 15 is 0 Å². The van der Waals surface area contributed by atoms with E-state index in [2.05, 4.69) is 37.1 Å². The van der Waals surface area contributed by atoms with Gasteiger partial charge in [-0.05, 0) is 61.9 Å². The average Bonchev–Trinajstić information content (AvgIpc) is 2.76. The molecule has 0 bridgehead atoms. The number of aryl methyl sites for hydroxylation is 2. The van der Waals surface area contributed by atoms with E-state index < -0.39 is 0 Å². The summed E-state index contributed by atoms with van der Waals surface area (Å²) in [6.07, 6.45) is 5.01. The number of rotatable bonds is 6. The highest BCUT2D eigenvalue weighted by molar-refractivity contribution is 5.35. The number of fused-ring (bicyclic) bond motifs is 1. The van der Waals surface area contributed by atoms with Crippen LogP contribution in [0, 0.1) is 5.92 Å². The quantitative estimate of drug-likeness (QED) is 0.836. The standard InChI is InChI=1S/C16H26N2/c1-13(8-9-17)11-18(2)12-14-6-7-15-4-3-5-16(15)10-14/h6-7,10,13H,3-5,8-9,11-12,17H2,1-2H3. The highest BCUT2D eigenvalue weighted by Gasteiger charge is 2.12. The first-order valence-electron chi connectivity index (χ1n) is 7.18. The molecule has 2 N–H and O–H groups in total. The molecule has 1 aliphatic carbocycles. The van der Waals surface area contributed by atoms with Gasteiger partial charge in [0, 0.05) is 13.1 Å². The number of nitrogens with two attached hydrogens (primary N) is 1. The highest BCUT2D eigenvalue weighted by atomic mass is 15.1. The number of hydrogen-bond donors (Lipinski definition) is 1. The second-order valence-corrected chi connectivity index (χ2v) is 5.84. The van der Waals surface area contributed by atoms with Crippen LogP contribution in [0.4, 0.5) is 0 Å². The smallest absolute Gasteiger partial charge is 0.0230 e. The average molecular weight is 246 g/mol. The fourth-order valence-corrected chi connectivity index (χ4v) is 3.01. The summed E-state index contributed by atoms with van der Waals surface area (Å²) in [4.78, 5) is 2.41. The maximum absolute atomic E-state index is 5.60. The minimum atomic E-state index is 0.689. The molecular weight excluding hydrogens is 220 g/mol. The Bertz CT molecular complexity index is 387. The predicted molar refractivity (Wildman–Crippen MR) is 77.6 cm³/mol. The van der Waals surface area contributed by atoms with Gasteiger partial charge in [0.25, 0.3) is 0 Å². The second kappa shape index (κ2) is 6.35. The molecule has 18 heavy (non-hydrogen) atoms. The normalized spacial score (nSPS) is 16.0. The summed E-state index contributed by atoms with van der Waals surface area (Å²) in [5, 5.41) is 0. The Labute approximate surface area is 111 Å². The molecule has 0 aromatic heterocycles. The third-order valence-electron chi connectivity index (χ3n) is 3.90. The molecule has 0 heterocycles. The van der Waals surface area contributed by atoms with Gasteiger partial charge in [-0.3, -0.25) is 0 Å². The summed E-state index contributed by atoms with van der Waals surface area (Å²) in [6, 6.07) is 7.04. The van der Waals surface area contributed by atoms with Crippen LogP contribution in [-0.2, 0) is 19.4 Å². The third-order valence-corrected chi connectivity index (χ3v) is 3.90. The molecule has 1 aromatic rings. The molecule has 0 amide bonds. The second-order valence-electron chi connectivity index (χ2n) is 5.84. The predicted octanol–water partition coefficient (Wildman–Crippen LogP) is 2.59. The van der Waals surface area contributed by atoms with Crippen LogP contribution in [0.15, 0.2) is 18.2 Å². The Balaban J connectivity index is 1.89. The Hall–Kier alpha value is -0.860. The molecule has 0 spiro atoms. The molecule has 1 aliphatic rings. The summed E-state index contributed by atoms with van der Waals surface area (Å²) >= 11 is 0. The molecule has 2 nitrogen and oxygen atoms in total. The molecule has 1 aromatic carbocycles. The fourth-order valence-electron chi connectivity index (χ4n) is 3.01. The van der Waals surface area contributed by atoms with Crippen LogP contribution in [0.25, 0.3) is 0 Å². The molecule has 0 aliphatic heterocycles. The lowest BCUT2D eigenvalue weighted by Gasteiger charge is -2.21. The molecule has 1 atom stereocenters. The topological polar surface area (TPSA) is 29.3 Å². The van der Waals surface area contributed by atoms with Gasteiger partial charge in [-0.2, -0.15) is 0 Å². The van der Waals surface area contributed by atoms with Gasteiger partial charge in [0.15, 0.2) is 0 Å². The van der Waals surface area contributed by atoms with Gasteiger partial charge in [-0.15, -0.1) is 0 Å². The Morgan fingerprint density at radius 3 is 2.83 bits per heavy atom. The first-order chi connectivity index (χ1) is 8.69. The van der Waals surface area contributed by atoms with Crippen molar-refractivity contribution in [1.82, 2.24) is 4.90 Å². The summed E-state index contributed by atoms with van der Waals surface area (Å²) in [7, 11) is 2.21. The fraction of sp³-hybridized carbons (Fsp3) is 0.625. The summed E-state index contributed by atoms with van der Waals surface area (Å²) < 4.78 is 0. The zero-order chi connectivity index (χ0) is 13.0. The van der Waals surface area contributed by atoms with Crippen molar-refractivity contribution >= 4 is 0 Å². The van der Waals surface area contributed by atoms with E-state index in [1.807, 2.05) is 0 Å². The highest BCUT2D eigenvalue weighted by Crippen LogP contribution is 2.23. The molecule has 100 valence electrons. The first-order valence-corrected chi connectivity index (χ1v) is 7.18. The summed E-state index contributed by atoms with van der Waals surface area (Å²) in [6.45, 7) is 5.27. The van der Waals surface area contributed by atoms with Crippen molar-refractivity contribution in [2.45, 2.75) is 39.2 Å². The Morgan fingerprint density at radius 2 is 2.06 bits per heavy atom. The maximum Gasteiger partial charge on any atom is 0.0230 e. The Morgan fingerprint density at radius 1 is 1.28 bits per heavy atom. The van der Waals surface area contributed by atoms with Gasteiger partial charge in [-0.1, -0.05) is 25.1 Å². The lowest BCUT2D eigenvalue weighted by atomic mass is 10.0. The van der Waals surface area contributed by atoms with Gasteiger partial charge in [0.1, 0.15) is 0 Å². The minimum absolute atomic E-state index is 0.689. The largest absolute Gasteiger partial charge is 0.330 e. The number of benzene rings is 1. The maximum atomic E-state index is 5.60. The van der Waals surface area contributed by atoms with Crippen molar-refractivity contribution in [3.63, 3.8) is 0 Å². The van der Waals surface area contributed by atoms with Crippen molar-refractivity contribution in [3.05, 3.63) is 34.9 Å². The monoisotopic (exact) mass is 246 g/mol. The van der Waals surface area contributed by atoms with Crippen LogP contribution in [0.2, 0.25) is 0 Å². The van der Waals surface area contributed by atoms with Gasteiger partial charge in [0.05, 0.1) is 0 Å². The van der Waals surface area contributed by atoms with E-state index in [0.29, 0.717) is 5.92 Å². The lowest BCUT2D eigenvalue weighted by Crippen LogP contribution is -2.25. The van der Waals surface area contributed by atoms with Gasteiger partial charge < -0.3 is 10.6 Å². The van der Waals surface area contributed by atoms with Crippen LogP contribution in [0.3, 0.4) is 0 Å². The van der Waals surface area contributed by atoms with Crippen LogP contribution in [-0.4, -0.2) is 25.0 Å². The number of nitrogens with zero attached hydrogens (tertiary/aromatic N) is 1. The van der Waals surface area contributed by atoms with Crippen LogP contribution in [0.5, 0.6) is 0 Å².